The molecule has 146 valence electrons. The maximum absolute atomic E-state index is 12.9. The first kappa shape index (κ1) is 19.1. The maximum Gasteiger partial charge on any atom is 0.329 e. The molecular formula is C19H25N3O5. The average Bonchev–Trinajstić information content (AvgIpc) is 3.04. The summed E-state index contributed by atoms with van der Waals surface area (Å²) < 4.78 is 0. The number of carboxylic acid groups (broad SMARTS) is 1. The third kappa shape index (κ3) is 3.48. The molecular weight excluding hydrogens is 350 g/mol. The lowest BCUT2D eigenvalue weighted by molar-refractivity contribution is -0.384. The number of amides is 1. The van der Waals surface area contributed by atoms with Crippen LogP contribution in [0.15, 0.2) is 18.2 Å². The summed E-state index contributed by atoms with van der Waals surface area (Å²) in [6.07, 6.45) is 2.92. The van der Waals surface area contributed by atoms with Crippen molar-refractivity contribution < 1.29 is 19.6 Å². The molecule has 27 heavy (non-hydrogen) atoms. The molecule has 3 rings (SSSR count). The molecule has 2 fully saturated rings. The number of aliphatic carboxylic acids is 1. The standard InChI is InChI=1S/C19H25N3O5/c1-13-6-10-20(11-7-13)15-5-4-14(12-16(15)22(26)27)17(23)21-9-3-8-19(21,2)18(24)25/h4-5,12-13H,3,6-11H2,1-2H3,(H,24,25). The monoisotopic (exact) mass is 375 g/mol. The van der Waals surface area contributed by atoms with E-state index in [2.05, 4.69) is 6.92 Å². The van der Waals surface area contributed by atoms with Crippen LogP contribution in [0.1, 0.15) is 49.9 Å². The molecule has 2 aliphatic heterocycles. The molecule has 0 saturated carbocycles. The highest BCUT2D eigenvalue weighted by Crippen LogP contribution is 2.35. The fourth-order valence-corrected chi connectivity index (χ4v) is 3.99. The number of nitrogens with zero attached hydrogens (tertiary/aromatic N) is 3. The lowest BCUT2D eigenvalue weighted by atomic mass is 9.97. The number of rotatable bonds is 4. The number of likely N-dealkylation sites (tertiary alicyclic amines) is 1. The second-order valence-electron chi connectivity index (χ2n) is 7.77. The van der Waals surface area contributed by atoms with Crippen LogP contribution >= 0.6 is 0 Å². The van der Waals surface area contributed by atoms with Crippen LogP contribution in [0, 0.1) is 16.0 Å². The van der Waals surface area contributed by atoms with Gasteiger partial charge in [-0.3, -0.25) is 14.9 Å². The van der Waals surface area contributed by atoms with Crippen LogP contribution < -0.4 is 4.90 Å². The molecule has 1 aromatic carbocycles. The van der Waals surface area contributed by atoms with Crippen molar-refractivity contribution in [3.05, 3.63) is 33.9 Å². The second kappa shape index (κ2) is 7.17. The van der Waals surface area contributed by atoms with Gasteiger partial charge in [-0.2, -0.15) is 0 Å². The SMILES string of the molecule is CC1CCN(c2ccc(C(=O)N3CCCC3(C)C(=O)O)cc2[N+](=O)[O-])CC1. The van der Waals surface area contributed by atoms with Crippen LogP contribution in [0.2, 0.25) is 0 Å². The van der Waals surface area contributed by atoms with Crippen molar-refractivity contribution in [2.45, 2.75) is 45.1 Å². The summed E-state index contributed by atoms with van der Waals surface area (Å²) in [4.78, 5) is 39.0. The minimum atomic E-state index is -1.27. The lowest BCUT2D eigenvalue weighted by Gasteiger charge is -2.32. The third-order valence-corrected chi connectivity index (χ3v) is 5.89. The number of carbonyl (C=O) groups is 2. The van der Waals surface area contributed by atoms with Crippen LogP contribution in [0.25, 0.3) is 0 Å². The van der Waals surface area contributed by atoms with E-state index in [9.17, 15) is 24.8 Å². The van der Waals surface area contributed by atoms with Crippen molar-refractivity contribution in [3.63, 3.8) is 0 Å². The first-order chi connectivity index (χ1) is 12.7. The lowest BCUT2D eigenvalue weighted by Crippen LogP contribution is -2.50. The van der Waals surface area contributed by atoms with E-state index in [1.54, 1.807) is 12.1 Å². The molecule has 0 aliphatic carbocycles. The molecule has 1 atom stereocenters. The predicted octanol–water partition coefficient (Wildman–Crippen LogP) is 2.91. The minimum Gasteiger partial charge on any atom is -0.480 e. The van der Waals surface area contributed by atoms with Gasteiger partial charge in [-0.1, -0.05) is 6.92 Å². The van der Waals surface area contributed by atoms with Gasteiger partial charge in [-0.05, 0) is 50.7 Å². The summed E-state index contributed by atoms with van der Waals surface area (Å²) in [5.41, 5.74) is -0.698. The number of carboxylic acids is 1. The van der Waals surface area contributed by atoms with Crippen LogP contribution in [0.5, 0.6) is 0 Å². The highest BCUT2D eigenvalue weighted by molar-refractivity contribution is 5.99. The predicted molar refractivity (Wildman–Crippen MR) is 100 cm³/mol. The van der Waals surface area contributed by atoms with Crippen molar-refractivity contribution in [1.82, 2.24) is 4.90 Å². The first-order valence-electron chi connectivity index (χ1n) is 9.33. The highest BCUT2D eigenvalue weighted by atomic mass is 16.6. The van der Waals surface area contributed by atoms with Gasteiger partial charge in [-0.25, -0.2) is 4.79 Å². The van der Waals surface area contributed by atoms with Crippen molar-refractivity contribution >= 4 is 23.3 Å². The van der Waals surface area contributed by atoms with Gasteiger partial charge in [0.2, 0.25) is 0 Å². The zero-order valence-electron chi connectivity index (χ0n) is 15.7. The van der Waals surface area contributed by atoms with E-state index in [1.807, 2.05) is 4.90 Å². The van der Waals surface area contributed by atoms with Gasteiger partial charge in [0, 0.05) is 31.3 Å². The molecule has 0 radical (unpaired) electrons. The number of nitro groups is 1. The molecule has 8 nitrogen and oxygen atoms in total. The summed E-state index contributed by atoms with van der Waals surface area (Å²) in [6.45, 7) is 5.53. The Morgan fingerprint density at radius 2 is 1.93 bits per heavy atom. The van der Waals surface area contributed by atoms with E-state index >= 15 is 0 Å². The van der Waals surface area contributed by atoms with E-state index in [0.29, 0.717) is 31.0 Å². The van der Waals surface area contributed by atoms with Crippen LogP contribution in [-0.2, 0) is 4.79 Å². The Kier molecular flexibility index (Phi) is 5.08. The van der Waals surface area contributed by atoms with Gasteiger partial charge in [0.15, 0.2) is 0 Å². The number of hydrogen-bond acceptors (Lipinski definition) is 5. The quantitative estimate of drug-likeness (QED) is 0.641. The summed E-state index contributed by atoms with van der Waals surface area (Å²) in [7, 11) is 0. The van der Waals surface area contributed by atoms with Crippen molar-refractivity contribution in [3.8, 4) is 0 Å². The highest BCUT2D eigenvalue weighted by Gasteiger charge is 2.46. The van der Waals surface area contributed by atoms with Crippen LogP contribution in [0.4, 0.5) is 11.4 Å². The summed E-state index contributed by atoms with van der Waals surface area (Å²) in [5, 5.41) is 21.1. The van der Waals surface area contributed by atoms with Gasteiger partial charge >= 0.3 is 5.97 Å². The van der Waals surface area contributed by atoms with Gasteiger partial charge in [-0.15, -0.1) is 0 Å². The topological polar surface area (TPSA) is 104 Å². The number of hydrogen-bond donors (Lipinski definition) is 1. The Morgan fingerprint density at radius 1 is 1.26 bits per heavy atom. The normalized spacial score (nSPS) is 23.5. The largest absolute Gasteiger partial charge is 0.480 e. The van der Waals surface area contributed by atoms with E-state index in [4.69, 9.17) is 0 Å². The van der Waals surface area contributed by atoms with Gasteiger partial charge in [0.05, 0.1) is 4.92 Å². The van der Waals surface area contributed by atoms with Gasteiger partial charge in [0.25, 0.3) is 11.6 Å². The van der Waals surface area contributed by atoms with Crippen LogP contribution in [0.3, 0.4) is 0 Å². The van der Waals surface area contributed by atoms with Gasteiger partial charge < -0.3 is 14.9 Å². The molecule has 0 aromatic heterocycles. The molecule has 8 heteroatoms. The molecule has 1 unspecified atom stereocenters. The molecule has 1 N–H and O–H groups in total. The Morgan fingerprint density at radius 3 is 2.52 bits per heavy atom. The molecule has 0 bridgehead atoms. The number of benzene rings is 1. The average molecular weight is 375 g/mol. The minimum absolute atomic E-state index is 0.105. The Bertz CT molecular complexity index is 773. The Labute approximate surface area is 157 Å². The molecule has 2 heterocycles. The molecule has 0 spiro atoms. The third-order valence-electron chi connectivity index (χ3n) is 5.89. The molecule has 1 aromatic rings. The second-order valence-corrected chi connectivity index (χ2v) is 7.77. The van der Waals surface area contributed by atoms with Crippen molar-refractivity contribution in [2.24, 2.45) is 5.92 Å². The maximum atomic E-state index is 12.9. The zero-order valence-corrected chi connectivity index (χ0v) is 15.7. The number of anilines is 1. The van der Waals surface area contributed by atoms with Crippen molar-refractivity contribution in [2.75, 3.05) is 24.5 Å². The van der Waals surface area contributed by atoms with E-state index in [-0.39, 0.29) is 11.3 Å². The first-order valence-corrected chi connectivity index (χ1v) is 9.33. The van der Waals surface area contributed by atoms with E-state index in [0.717, 1.165) is 25.9 Å². The van der Waals surface area contributed by atoms with E-state index in [1.165, 1.54) is 17.9 Å². The molecule has 2 saturated heterocycles. The number of piperidine rings is 1. The summed E-state index contributed by atoms with van der Waals surface area (Å²) >= 11 is 0. The van der Waals surface area contributed by atoms with Crippen LogP contribution in [-0.4, -0.2) is 52.0 Å². The van der Waals surface area contributed by atoms with Gasteiger partial charge in [0.1, 0.15) is 11.2 Å². The fourth-order valence-electron chi connectivity index (χ4n) is 3.99. The Balaban J connectivity index is 1.91. The summed E-state index contributed by atoms with van der Waals surface area (Å²) in [6, 6.07) is 4.48. The summed E-state index contributed by atoms with van der Waals surface area (Å²) in [5.74, 6) is -0.925. The fraction of sp³-hybridized carbons (Fsp3) is 0.579. The number of carbonyl (C=O) groups excluding carboxylic acids is 1. The number of nitro benzene ring substituents is 1. The Hall–Kier alpha value is -2.64. The smallest absolute Gasteiger partial charge is 0.329 e. The molecule has 2 aliphatic rings. The van der Waals surface area contributed by atoms with Crippen molar-refractivity contribution in [1.29, 1.82) is 0 Å². The van der Waals surface area contributed by atoms with E-state index < -0.39 is 22.3 Å². The zero-order chi connectivity index (χ0) is 19.8. The molecule has 1 amide bonds.